The summed E-state index contributed by atoms with van der Waals surface area (Å²) < 4.78 is 7.11. The molecule has 5 heteroatoms. The molecule has 25 heavy (non-hydrogen) atoms. The molecule has 3 aromatic rings. The molecule has 0 aliphatic carbocycles. The Morgan fingerprint density at radius 1 is 1.20 bits per heavy atom. The van der Waals surface area contributed by atoms with Crippen LogP contribution in [-0.2, 0) is 11.3 Å². The van der Waals surface area contributed by atoms with E-state index in [9.17, 15) is 4.79 Å². The van der Waals surface area contributed by atoms with Gasteiger partial charge in [-0.05, 0) is 48.9 Å². The van der Waals surface area contributed by atoms with Crippen LogP contribution >= 0.6 is 11.6 Å². The fourth-order valence-corrected chi connectivity index (χ4v) is 3.03. The van der Waals surface area contributed by atoms with Gasteiger partial charge in [-0.25, -0.2) is 4.79 Å². The summed E-state index contributed by atoms with van der Waals surface area (Å²) in [5.41, 5.74) is 3.20. The van der Waals surface area contributed by atoms with Gasteiger partial charge in [0.25, 0.3) is 0 Å². The molecule has 2 aromatic carbocycles. The third kappa shape index (κ3) is 3.80. The van der Waals surface area contributed by atoms with E-state index in [0.717, 1.165) is 24.0 Å². The molecule has 0 fully saturated rings. The summed E-state index contributed by atoms with van der Waals surface area (Å²) in [7, 11) is 1.36. The quantitative estimate of drug-likeness (QED) is 0.582. The van der Waals surface area contributed by atoms with Crippen LogP contribution in [0.2, 0.25) is 5.02 Å². The number of carbonyl (C=O) groups is 1. The van der Waals surface area contributed by atoms with Gasteiger partial charge in [0, 0.05) is 34.4 Å². The summed E-state index contributed by atoms with van der Waals surface area (Å²) in [6.07, 6.45) is 4.45. The van der Waals surface area contributed by atoms with E-state index in [1.165, 1.54) is 19.0 Å². The monoisotopic (exact) mass is 356 g/mol. The maximum absolute atomic E-state index is 12.0. The van der Waals surface area contributed by atoms with Crippen LogP contribution in [0.4, 0.5) is 11.4 Å². The Labute approximate surface area is 152 Å². The lowest BCUT2D eigenvalue weighted by atomic mass is 10.1. The summed E-state index contributed by atoms with van der Waals surface area (Å²) >= 11 is 6.01. The number of fused-ring (bicyclic) bond motifs is 1. The van der Waals surface area contributed by atoms with E-state index in [0.29, 0.717) is 16.3 Å². The number of unbranched alkanes of at least 4 members (excludes halogenated alkanes) is 1. The van der Waals surface area contributed by atoms with Gasteiger partial charge < -0.3 is 14.6 Å². The number of nitrogens with zero attached hydrogens (tertiary/aromatic N) is 1. The van der Waals surface area contributed by atoms with Gasteiger partial charge in [-0.3, -0.25) is 0 Å². The molecule has 1 aromatic heterocycles. The van der Waals surface area contributed by atoms with Crippen molar-refractivity contribution in [3.63, 3.8) is 0 Å². The zero-order valence-corrected chi connectivity index (χ0v) is 15.1. The Bertz CT molecular complexity index is 902. The Hall–Kier alpha value is -2.46. The van der Waals surface area contributed by atoms with Crippen LogP contribution in [0, 0.1) is 0 Å². The number of benzene rings is 2. The van der Waals surface area contributed by atoms with E-state index >= 15 is 0 Å². The number of rotatable bonds is 6. The summed E-state index contributed by atoms with van der Waals surface area (Å²) in [4.78, 5) is 12.0. The minimum Gasteiger partial charge on any atom is -0.465 e. The lowest BCUT2D eigenvalue weighted by Crippen LogP contribution is -2.05. The first-order chi connectivity index (χ1) is 12.1. The van der Waals surface area contributed by atoms with Crippen molar-refractivity contribution in [3.05, 3.63) is 59.2 Å². The molecule has 0 bridgehead atoms. The number of aromatic nitrogens is 1. The third-order valence-electron chi connectivity index (χ3n) is 4.19. The highest BCUT2D eigenvalue weighted by atomic mass is 35.5. The standard InChI is InChI=1S/C20H21ClN2O2/c1-3-4-10-23-11-9-14-12-16(6-8-19(14)23)22-18-7-5-15(21)13-17(18)20(24)25-2/h5-9,11-13,22H,3-4,10H2,1-2H3. The van der Waals surface area contributed by atoms with Gasteiger partial charge in [0.15, 0.2) is 0 Å². The summed E-state index contributed by atoms with van der Waals surface area (Å²) in [5, 5.41) is 4.95. The molecule has 3 rings (SSSR count). The number of methoxy groups -OCH3 is 1. The lowest BCUT2D eigenvalue weighted by Gasteiger charge is -2.12. The van der Waals surface area contributed by atoms with Crippen LogP contribution < -0.4 is 5.32 Å². The number of carbonyl (C=O) groups excluding carboxylic acids is 1. The van der Waals surface area contributed by atoms with Crippen molar-refractivity contribution in [3.8, 4) is 0 Å². The number of anilines is 2. The Morgan fingerprint density at radius 3 is 2.80 bits per heavy atom. The summed E-state index contributed by atoms with van der Waals surface area (Å²) in [5.74, 6) is -0.420. The molecule has 0 saturated carbocycles. The Morgan fingerprint density at radius 2 is 2.04 bits per heavy atom. The first-order valence-electron chi connectivity index (χ1n) is 8.36. The van der Waals surface area contributed by atoms with Crippen molar-refractivity contribution < 1.29 is 9.53 Å². The van der Waals surface area contributed by atoms with Crippen LogP contribution in [0.25, 0.3) is 10.9 Å². The number of halogens is 1. The predicted octanol–water partition coefficient (Wildman–Crippen LogP) is 5.63. The Kier molecular flexibility index (Phi) is 5.29. The molecule has 0 atom stereocenters. The Balaban J connectivity index is 1.90. The van der Waals surface area contributed by atoms with E-state index in [1.54, 1.807) is 18.2 Å². The molecule has 0 saturated heterocycles. The summed E-state index contributed by atoms with van der Waals surface area (Å²) in [6.45, 7) is 3.22. The van der Waals surface area contributed by atoms with Gasteiger partial charge >= 0.3 is 5.97 Å². The van der Waals surface area contributed by atoms with Crippen molar-refractivity contribution in [1.29, 1.82) is 0 Å². The van der Waals surface area contributed by atoms with Crippen LogP contribution in [0.5, 0.6) is 0 Å². The maximum atomic E-state index is 12.0. The van der Waals surface area contributed by atoms with E-state index in [4.69, 9.17) is 16.3 Å². The van der Waals surface area contributed by atoms with Crippen LogP contribution in [0.15, 0.2) is 48.7 Å². The van der Waals surface area contributed by atoms with Crippen molar-refractivity contribution in [2.75, 3.05) is 12.4 Å². The lowest BCUT2D eigenvalue weighted by molar-refractivity contribution is 0.0602. The van der Waals surface area contributed by atoms with Gasteiger partial charge in [0.1, 0.15) is 0 Å². The molecular weight excluding hydrogens is 336 g/mol. The van der Waals surface area contributed by atoms with Crippen LogP contribution in [0.3, 0.4) is 0 Å². The average molecular weight is 357 g/mol. The van der Waals surface area contributed by atoms with Gasteiger partial charge in [-0.1, -0.05) is 24.9 Å². The molecule has 4 nitrogen and oxygen atoms in total. The number of esters is 1. The van der Waals surface area contributed by atoms with Gasteiger partial charge in [-0.2, -0.15) is 0 Å². The molecule has 1 N–H and O–H groups in total. The molecule has 0 unspecified atom stereocenters. The largest absolute Gasteiger partial charge is 0.465 e. The van der Waals surface area contributed by atoms with Crippen LogP contribution in [-0.4, -0.2) is 17.6 Å². The minimum absolute atomic E-state index is 0.413. The molecule has 0 amide bonds. The minimum atomic E-state index is -0.420. The smallest absolute Gasteiger partial charge is 0.340 e. The summed E-state index contributed by atoms with van der Waals surface area (Å²) in [6, 6.07) is 13.4. The first-order valence-corrected chi connectivity index (χ1v) is 8.74. The molecular formula is C20H21ClN2O2. The molecule has 0 radical (unpaired) electrons. The molecule has 0 aliphatic rings. The van der Waals surface area contributed by atoms with Gasteiger partial charge in [0.2, 0.25) is 0 Å². The highest BCUT2D eigenvalue weighted by Crippen LogP contribution is 2.27. The van der Waals surface area contributed by atoms with Gasteiger partial charge in [0.05, 0.1) is 18.4 Å². The van der Waals surface area contributed by atoms with Crippen molar-refractivity contribution >= 4 is 39.8 Å². The SMILES string of the molecule is CCCCn1ccc2cc(Nc3ccc(Cl)cc3C(=O)OC)ccc21. The molecule has 130 valence electrons. The van der Waals surface area contributed by atoms with Gasteiger partial charge in [-0.15, -0.1) is 0 Å². The topological polar surface area (TPSA) is 43.3 Å². The van der Waals surface area contributed by atoms with E-state index in [-0.39, 0.29) is 0 Å². The number of hydrogen-bond acceptors (Lipinski definition) is 3. The third-order valence-corrected chi connectivity index (χ3v) is 4.42. The van der Waals surface area contributed by atoms with Crippen LogP contribution in [0.1, 0.15) is 30.1 Å². The van der Waals surface area contributed by atoms with Crippen molar-refractivity contribution in [2.45, 2.75) is 26.3 Å². The van der Waals surface area contributed by atoms with E-state index in [1.807, 2.05) is 6.07 Å². The zero-order chi connectivity index (χ0) is 17.8. The number of ether oxygens (including phenoxy) is 1. The van der Waals surface area contributed by atoms with E-state index in [2.05, 4.69) is 41.2 Å². The van der Waals surface area contributed by atoms with E-state index < -0.39 is 5.97 Å². The highest BCUT2D eigenvalue weighted by molar-refractivity contribution is 6.31. The van der Waals surface area contributed by atoms with Crippen molar-refractivity contribution in [1.82, 2.24) is 4.57 Å². The van der Waals surface area contributed by atoms with Crippen molar-refractivity contribution in [2.24, 2.45) is 0 Å². The molecule has 1 heterocycles. The second kappa shape index (κ2) is 7.62. The second-order valence-corrected chi connectivity index (χ2v) is 6.38. The molecule has 0 spiro atoms. The molecule has 0 aliphatic heterocycles. The average Bonchev–Trinajstić information content (AvgIpc) is 3.03. The normalized spacial score (nSPS) is 10.8. The predicted molar refractivity (Wildman–Crippen MR) is 103 cm³/mol. The second-order valence-electron chi connectivity index (χ2n) is 5.94. The highest BCUT2D eigenvalue weighted by Gasteiger charge is 2.13. The number of hydrogen-bond donors (Lipinski definition) is 1. The fraction of sp³-hybridized carbons (Fsp3) is 0.250. The zero-order valence-electron chi connectivity index (χ0n) is 14.4. The fourth-order valence-electron chi connectivity index (χ4n) is 2.86. The first kappa shape index (κ1) is 17.4. The maximum Gasteiger partial charge on any atom is 0.340 e. The number of nitrogens with one attached hydrogen (secondary N) is 1. The number of aryl methyl sites for hydroxylation is 1.